The summed E-state index contributed by atoms with van der Waals surface area (Å²) in [5.74, 6) is 0.315. The second-order valence-electron chi connectivity index (χ2n) is 7.21. The minimum atomic E-state index is -0.455. The first-order valence-electron chi connectivity index (χ1n) is 8.60. The van der Waals surface area contributed by atoms with Crippen LogP contribution in [0.25, 0.3) is 21.8 Å². The van der Waals surface area contributed by atoms with Crippen LogP contribution >= 0.6 is 0 Å². The Kier molecular flexibility index (Phi) is 4.58. The van der Waals surface area contributed by atoms with Crippen LogP contribution in [-0.4, -0.2) is 33.3 Å². The number of nitrogen functional groups attached to an aromatic ring is 1. The van der Waals surface area contributed by atoms with Crippen LogP contribution in [0.3, 0.4) is 0 Å². The standard InChI is InChI=1S/C19H25N5O2/c1-11(25)22-19(3,4)10-15-16-13-8-6-7-9-14(13)21-18(20)17(16)23-24(15)12(2)26-5/h6-9,12H,10H2,1-5H3,(H2,20,21)(H,22,25). The normalized spacial score (nSPS) is 13.3. The van der Waals surface area contributed by atoms with Crippen LogP contribution in [0.1, 0.15) is 39.6 Å². The third kappa shape index (κ3) is 3.22. The summed E-state index contributed by atoms with van der Waals surface area (Å²) in [6.07, 6.45) is 0.299. The van der Waals surface area contributed by atoms with Crippen LogP contribution in [0.5, 0.6) is 0 Å². The van der Waals surface area contributed by atoms with Gasteiger partial charge in [0, 0.05) is 36.8 Å². The number of hydrogen-bond donors (Lipinski definition) is 2. The maximum Gasteiger partial charge on any atom is 0.217 e. The second-order valence-corrected chi connectivity index (χ2v) is 7.21. The van der Waals surface area contributed by atoms with Crippen molar-refractivity contribution in [2.45, 2.75) is 45.9 Å². The first kappa shape index (κ1) is 18.1. The molecule has 3 N–H and O–H groups in total. The predicted molar refractivity (Wildman–Crippen MR) is 103 cm³/mol. The van der Waals surface area contributed by atoms with Crippen LogP contribution < -0.4 is 11.1 Å². The van der Waals surface area contributed by atoms with E-state index in [1.54, 1.807) is 7.11 Å². The van der Waals surface area contributed by atoms with Crippen molar-refractivity contribution in [1.29, 1.82) is 0 Å². The number of nitrogens with zero attached hydrogens (tertiary/aromatic N) is 3. The fraction of sp³-hybridized carbons (Fsp3) is 0.421. The predicted octanol–water partition coefficient (Wildman–Crippen LogP) is 2.79. The van der Waals surface area contributed by atoms with Crippen LogP contribution in [0.4, 0.5) is 5.82 Å². The monoisotopic (exact) mass is 355 g/mol. The number of ether oxygens (including phenoxy) is 1. The van der Waals surface area contributed by atoms with E-state index in [9.17, 15) is 4.79 Å². The van der Waals surface area contributed by atoms with Crippen LogP contribution in [-0.2, 0) is 16.0 Å². The zero-order valence-corrected chi connectivity index (χ0v) is 15.8. The third-order valence-electron chi connectivity index (χ3n) is 4.48. The van der Waals surface area contributed by atoms with Crippen molar-refractivity contribution in [2.24, 2.45) is 0 Å². The molecule has 1 unspecified atom stereocenters. The lowest BCUT2D eigenvalue weighted by Crippen LogP contribution is -2.44. The molecule has 0 saturated carbocycles. The zero-order chi connectivity index (χ0) is 19.1. The van der Waals surface area contributed by atoms with Gasteiger partial charge in [-0.3, -0.25) is 4.79 Å². The van der Waals surface area contributed by atoms with Gasteiger partial charge >= 0.3 is 0 Å². The molecule has 26 heavy (non-hydrogen) atoms. The SMILES string of the molecule is COC(C)n1nc2c(N)nc3ccccc3c2c1CC(C)(C)NC(C)=O. The number of carbonyl (C=O) groups is 1. The fourth-order valence-corrected chi connectivity index (χ4v) is 3.41. The molecule has 1 amide bonds. The highest BCUT2D eigenvalue weighted by Crippen LogP contribution is 2.33. The number of amides is 1. The highest BCUT2D eigenvalue weighted by atomic mass is 16.5. The van der Waals surface area contributed by atoms with E-state index >= 15 is 0 Å². The fourth-order valence-electron chi connectivity index (χ4n) is 3.41. The lowest BCUT2D eigenvalue weighted by atomic mass is 9.95. The molecule has 0 radical (unpaired) electrons. The molecule has 3 rings (SSSR count). The summed E-state index contributed by atoms with van der Waals surface area (Å²) < 4.78 is 7.34. The van der Waals surface area contributed by atoms with Crippen molar-refractivity contribution in [1.82, 2.24) is 20.1 Å². The van der Waals surface area contributed by atoms with E-state index in [0.717, 1.165) is 22.0 Å². The molecular weight excluding hydrogens is 330 g/mol. The van der Waals surface area contributed by atoms with Gasteiger partial charge in [-0.1, -0.05) is 18.2 Å². The average molecular weight is 355 g/mol. The smallest absolute Gasteiger partial charge is 0.217 e. The maximum absolute atomic E-state index is 11.6. The molecule has 7 nitrogen and oxygen atoms in total. The molecule has 0 aliphatic rings. The van der Waals surface area contributed by atoms with E-state index in [-0.39, 0.29) is 12.1 Å². The summed E-state index contributed by atoms with van der Waals surface area (Å²) in [4.78, 5) is 16.1. The number of carbonyl (C=O) groups excluding carboxylic acids is 1. The van der Waals surface area contributed by atoms with Crippen molar-refractivity contribution >= 4 is 33.5 Å². The van der Waals surface area contributed by atoms with Crippen molar-refractivity contribution < 1.29 is 9.53 Å². The van der Waals surface area contributed by atoms with E-state index in [2.05, 4.69) is 15.4 Å². The van der Waals surface area contributed by atoms with Gasteiger partial charge in [0.05, 0.1) is 11.2 Å². The van der Waals surface area contributed by atoms with E-state index < -0.39 is 5.54 Å². The zero-order valence-electron chi connectivity index (χ0n) is 15.8. The van der Waals surface area contributed by atoms with Crippen molar-refractivity contribution in [3.63, 3.8) is 0 Å². The van der Waals surface area contributed by atoms with Gasteiger partial charge in [-0.2, -0.15) is 5.10 Å². The lowest BCUT2D eigenvalue weighted by Gasteiger charge is -2.27. The number of anilines is 1. The Hall–Kier alpha value is -2.67. The number of pyridine rings is 1. The number of fused-ring (bicyclic) bond motifs is 3. The molecule has 0 aliphatic carbocycles. The van der Waals surface area contributed by atoms with Gasteiger partial charge < -0.3 is 15.8 Å². The number of nitrogens with two attached hydrogens (primary N) is 1. The first-order valence-corrected chi connectivity index (χ1v) is 8.60. The van der Waals surface area contributed by atoms with Gasteiger partial charge in [-0.15, -0.1) is 0 Å². The molecule has 0 fully saturated rings. The summed E-state index contributed by atoms with van der Waals surface area (Å²) in [5, 5.41) is 9.63. The van der Waals surface area contributed by atoms with Crippen molar-refractivity contribution in [2.75, 3.05) is 12.8 Å². The summed E-state index contributed by atoms with van der Waals surface area (Å²) >= 11 is 0. The van der Waals surface area contributed by atoms with Gasteiger partial charge in [-0.25, -0.2) is 9.67 Å². The summed E-state index contributed by atoms with van der Waals surface area (Å²) in [6, 6.07) is 7.86. The molecule has 2 heterocycles. The number of hydrogen-bond acceptors (Lipinski definition) is 5. The van der Waals surface area contributed by atoms with Crippen LogP contribution in [0.2, 0.25) is 0 Å². The molecule has 3 aromatic rings. The minimum absolute atomic E-state index is 0.0730. The summed E-state index contributed by atoms with van der Waals surface area (Å²) in [5.41, 5.74) is 8.17. The molecule has 138 valence electrons. The molecule has 0 saturated heterocycles. The molecular formula is C19H25N5O2. The Morgan fingerprint density at radius 3 is 2.73 bits per heavy atom. The van der Waals surface area contributed by atoms with Gasteiger partial charge in [0.1, 0.15) is 11.7 Å². The molecule has 2 aromatic heterocycles. The number of methoxy groups -OCH3 is 1. The summed E-state index contributed by atoms with van der Waals surface area (Å²) in [6.45, 7) is 7.42. The molecule has 0 spiro atoms. The van der Waals surface area contributed by atoms with Crippen LogP contribution in [0.15, 0.2) is 24.3 Å². The molecule has 7 heteroatoms. The quantitative estimate of drug-likeness (QED) is 0.734. The molecule has 0 aliphatic heterocycles. The van der Waals surface area contributed by atoms with Gasteiger partial charge in [0.2, 0.25) is 5.91 Å². The second kappa shape index (κ2) is 6.57. The van der Waals surface area contributed by atoms with Crippen molar-refractivity contribution in [3.05, 3.63) is 30.0 Å². The minimum Gasteiger partial charge on any atom is -0.382 e. The van der Waals surface area contributed by atoms with E-state index in [4.69, 9.17) is 10.5 Å². The van der Waals surface area contributed by atoms with E-state index in [1.807, 2.05) is 49.7 Å². The first-order chi connectivity index (χ1) is 12.2. The highest BCUT2D eigenvalue weighted by Gasteiger charge is 2.27. The van der Waals surface area contributed by atoms with Crippen molar-refractivity contribution in [3.8, 4) is 0 Å². The average Bonchev–Trinajstić information content (AvgIpc) is 2.92. The highest BCUT2D eigenvalue weighted by molar-refractivity contribution is 6.09. The van der Waals surface area contributed by atoms with Gasteiger partial charge in [0.25, 0.3) is 0 Å². The maximum atomic E-state index is 11.6. The summed E-state index contributed by atoms with van der Waals surface area (Å²) in [7, 11) is 1.64. The molecule has 1 atom stereocenters. The lowest BCUT2D eigenvalue weighted by molar-refractivity contribution is -0.120. The Bertz CT molecular complexity index is 977. The Morgan fingerprint density at radius 1 is 1.38 bits per heavy atom. The van der Waals surface area contributed by atoms with E-state index in [1.165, 1.54) is 6.92 Å². The number of rotatable bonds is 5. The largest absolute Gasteiger partial charge is 0.382 e. The Labute approximate surface area is 152 Å². The van der Waals surface area contributed by atoms with E-state index in [0.29, 0.717) is 17.8 Å². The Balaban J connectivity index is 2.31. The number of para-hydroxylation sites is 1. The number of aromatic nitrogens is 3. The number of benzene rings is 1. The third-order valence-corrected chi connectivity index (χ3v) is 4.48. The van der Waals surface area contributed by atoms with Gasteiger partial charge in [0.15, 0.2) is 5.82 Å². The van der Waals surface area contributed by atoms with Gasteiger partial charge in [-0.05, 0) is 26.8 Å². The van der Waals surface area contributed by atoms with Crippen LogP contribution in [0, 0.1) is 0 Å². The molecule has 0 bridgehead atoms. The topological polar surface area (TPSA) is 95.1 Å². The molecule has 1 aromatic carbocycles. The number of nitrogens with one attached hydrogen (secondary N) is 1. The Morgan fingerprint density at radius 2 is 2.08 bits per heavy atom.